The van der Waals surface area contributed by atoms with Crippen molar-refractivity contribution in [2.45, 2.75) is 23.6 Å². The Balaban J connectivity index is 1.75. The van der Waals surface area contributed by atoms with Gasteiger partial charge >= 0.3 is 0 Å². The lowest BCUT2D eigenvalue weighted by molar-refractivity contribution is 0.103. The van der Waals surface area contributed by atoms with Crippen molar-refractivity contribution in [3.63, 3.8) is 0 Å². The minimum atomic E-state index is -4.28. The highest BCUT2D eigenvalue weighted by atomic mass is 32.2. The van der Waals surface area contributed by atoms with Crippen LogP contribution < -0.4 is 14.8 Å². The lowest BCUT2D eigenvalue weighted by atomic mass is 10.1. The van der Waals surface area contributed by atoms with Gasteiger partial charge in [0, 0.05) is 16.3 Å². The van der Waals surface area contributed by atoms with Crippen molar-refractivity contribution in [1.29, 1.82) is 0 Å². The lowest BCUT2D eigenvalue weighted by Gasteiger charge is -2.17. The Bertz CT molecular complexity index is 1750. The van der Waals surface area contributed by atoms with E-state index in [9.17, 15) is 21.6 Å². The third kappa shape index (κ3) is 3.90. The van der Waals surface area contributed by atoms with E-state index in [0.29, 0.717) is 22.5 Å². The number of amides is 1. The number of rotatable bonds is 6. The molecule has 8 nitrogen and oxygen atoms in total. The van der Waals surface area contributed by atoms with Crippen molar-refractivity contribution in [1.82, 2.24) is 0 Å². The summed E-state index contributed by atoms with van der Waals surface area (Å²) in [5.74, 6) is -0.501. The zero-order valence-electron chi connectivity index (χ0n) is 18.8. The molecule has 1 aliphatic rings. The Morgan fingerprint density at radius 1 is 0.686 bits per heavy atom. The first-order valence-corrected chi connectivity index (χ1v) is 13.6. The van der Waals surface area contributed by atoms with Crippen LogP contribution in [-0.2, 0) is 20.0 Å². The molecular formula is C25H21N3O5S2. The van der Waals surface area contributed by atoms with Gasteiger partial charge in [-0.2, -0.15) is 0 Å². The summed E-state index contributed by atoms with van der Waals surface area (Å²) < 4.78 is 59.2. The molecule has 1 aliphatic heterocycles. The third-order valence-electron chi connectivity index (χ3n) is 5.93. The number of nitrogens with one attached hydrogen (secondary N) is 3. The van der Waals surface area contributed by atoms with Crippen LogP contribution >= 0.6 is 0 Å². The maximum atomic E-state index is 13.6. The zero-order chi connectivity index (χ0) is 25.0. The van der Waals surface area contributed by atoms with E-state index in [2.05, 4.69) is 14.8 Å². The van der Waals surface area contributed by atoms with Crippen LogP contribution in [0.3, 0.4) is 0 Å². The normalized spacial score (nSPS) is 13.0. The molecule has 35 heavy (non-hydrogen) atoms. The zero-order valence-corrected chi connectivity index (χ0v) is 20.4. The summed E-state index contributed by atoms with van der Waals surface area (Å²) in [4.78, 5) is 12.1. The summed E-state index contributed by atoms with van der Waals surface area (Å²) in [5, 5.41) is 3.10. The van der Waals surface area contributed by atoms with E-state index in [1.165, 1.54) is 6.07 Å². The molecule has 0 saturated carbocycles. The van der Waals surface area contributed by atoms with E-state index >= 15 is 0 Å². The molecule has 0 saturated heterocycles. The van der Waals surface area contributed by atoms with E-state index in [-0.39, 0.29) is 31.8 Å². The molecule has 0 fully saturated rings. The molecule has 0 bridgehead atoms. The molecular weight excluding hydrogens is 486 g/mol. The van der Waals surface area contributed by atoms with Gasteiger partial charge in [0.1, 0.15) is 4.90 Å². The average Bonchev–Trinajstić information content (AvgIpc) is 3.14. The predicted molar refractivity (Wildman–Crippen MR) is 136 cm³/mol. The highest BCUT2D eigenvalue weighted by molar-refractivity contribution is 7.93. The van der Waals surface area contributed by atoms with Crippen LogP contribution in [0, 0.1) is 13.8 Å². The highest BCUT2D eigenvalue weighted by Gasteiger charge is 2.33. The van der Waals surface area contributed by atoms with Crippen molar-refractivity contribution in [2.24, 2.45) is 0 Å². The molecule has 10 heteroatoms. The van der Waals surface area contributed by atoms with Crippen molar-refractivity contribution < 1.29 is 21.6 Å². The van der Waals surface area contributed by atoms with Gasteiger partial charge in [-0.1, -0.05) is 48.5 Å². The number of sulfonamides is 2. The molecule has 0 aromatic heterocycles. The van der Waals surface area contributed by atoms with Gasteiger partial charge in [0.2, 0.25) is 0 Å². The van der Waals surface area contributed by atoms with Crippen LogP contribution in [0.5, 0.6) is 0 Å². The van der Waals surface area contributed by atoms with Gasteiger partial charge in [0.05, 0.1) is 22.0 Å². The molecule has 5 rings (SSSR count). The van der Waals surface area contributed by atoms with Crippen LogP contribution in [-0.4, -0.2) is 22.7 Å². The van der Waals surface area contributed by atoms with Gasteiger partial charge < -0.3 is 5.32 Å². The monoisotopic (exact) mass is 507 g/mol. The molecule has 0 radical (unpaired) electrons. The Kier molecular flexibility index (Phi) is 5.30. The van der Waals surface area contributed by atoms with Crippen molar-refractivity contribution in [3.8, 4) is 0 Å². The van der Waals surface area contributed by atoms with Crippen molar-refractivity contribution in [3.05, 3.63) is 89.5 Å². The van der Waals surface area contributed by atoms with Gasteiger partial charge in [-0.3, -0.25) is 14.2 Å². The van der Waals surface area contributed by atoms with E-state index in [0.717, 1.165) is 6.07 Å². The van der Waals surface area contributed by atoms with Gasteiger partial charge in [-0.25, -0.2) is 16.8 Å². The fourth-order valence-corrected chi connectivity index (χ4v) is 6.88. The molecule has 0 spiro atoms. The smallest absolute Gasteiger partial charge is 0.264 e. The van der Waals surface area contributed by atoms with Crippen molar-refractivity contribution >= 4 is 53.8 Å². The number of para-hydroxylation sites is 2. The number of hydrogen-bond acceptors (Lipinski definition) is 5. The van der Waals surface area contributed by atoms with Crippen LogP contribution in [0.15, 0.2) is 82.6 Å². The molecule has 1 amide bonds. The number of benzene rings is 4. The van der Waals surface area contributed by atoms with Crippen molar-refractivity contribution in [2.75, 3.05) is 14.8 Å². The molecule has 0 unspecified atom stereocenters. The fourth-order valence-electron chi connectivity index (χ4n) is 4.12. The first kappa shape index (κ1) is 22.9. The molecule has 0 atom stereocenters. The minimum absolute atomic E-state index is 0.0523. The quantitative estimate of drug-likeness (QED) is 0.351. The average molecular weight is 508 g/mol. The Morgan fingerprint density at radius 3 is 1.80 bits per heavy atom. The van der Waals surface area contributed by atoms with E-state index in [1.54, 1.807) is 74.5 Å². The fraction of sp³-hybridized carbons (Fsp3) is 0.0800. The predicted octanol–water partition coefficient (Wildman–Crippen LogP) is 4.62. The first-order chi connectivity index (χ1) is 16.6. The summed E-state index contributed by atoms with van der Waals surface area (Å²) >= 11 is 0. The van der Waals surface area contributed by atoms with Gasteiger partial charge in [0.25, 0.3) is 26.0 Å². The maximum Gasteiger partial charge on any atom is 0.264 e. The molecule has 4 aromatic carbocycles. The van der Waals surface area contributed by atoms with Gasteiger partial charge in [-0.05, 0) is 49.2 Å². The molecule has 1 heterocycles. The van der Waals surface area contributed by atoms with Gasteiger partial charge in [-0.15, -0.1) is 0 Å². The summed E-state index contributed by atoms with van der Waals surface area (Å²) in [5.41, 5.74) is 2.36. The molecule has 3 N–H and O–H groups in total. The lowest BCUT2D eigenvalue weighted by Crippen LogP contribution is -2.18. The second-order valence-electron chi connectivity index (χ2n) is 8.27. The number of anilines is 3. The summed E-state index contributed by atoms with van der Waals surface area (Å²) in [7, 11) is -8.51. The number of carbonyl (C=O) groups is 1. The molecule has 4 aromatic rings. The Morgan fingerprint density at radius 2 is 1.23 bits per heavy atom. The Hall–Kier alpha value is -3.89. The Labute approximate surface area is 203 Å². The van der Waals surface area contributed by atoms with E-state index in [1.807, 2.05) is 0 Å². The number of aryl methyl sites for hydroxylation is 2. The van der Waals surface area contributed by atoms with Gasteiger partial charge in [0.15, 0.2) is 0 Å². The topological polar surface area (TPSA) is 121 Å². The minimum Gasteiger partial charge on any atom is -0.320 e. The highest BCUT2D eigenvalue weighted by Crippen LogP contribution is 2.42. The summed E-state index contributed by atoms with van der Waals surface area (Å²) in [6.07, 6.45) is 0. The second-order valence-corrected chi connectivity index (χ2v) is 11.6. The standard InChI is InChI=1S/C25H21N3O5S2/c1-15-8-3-5-12-19(15)27-34(30,31)21-14-22(35(32,33)28-20-13-6-4-9-16(20)2)24-23-17(21)10-7-11-18(23)25(29)26-24/h3-14,27-28H,1-2H3,(H,26,29). The first-order valence-electron chi connectivity index (χ1n) is 10.7. The van der Waals surface area contributed by atoms with Crippen LogP contribution in [0.1, 0.15) is 21.5 Å². The molecule has 178 valence electrons. The largest absolute Gasteiger partial charge is 0.320 e. The van der Waals surface area contributed by atoms with Crippen LogP contribution in [0.4, 0.5) is 17.1 Å². The van der Waals surface area contributed by atoms with E-state index < -0.39 is 26.0 Å². The number of hydrogen-bond donors (Lipinski definition) is 3. The SMILES string of the molecule is Cc1ccccc1NS(=O)(=O)c1cc(S(=O)(=O)Nc2ccccc2C)c2cccc3c2c1NC3=O. The maximum absolute atomic E-state index is 13.6. The second kappa shape index (κ2) is 8.10. The number of carbonyl (C=O) groups excluding carboxylic acids is 1. The van der Waals surface area contributed by atoms with E-state index in [4.69, 9.17) is 0 Å². The van der Waals surface area contributed by atoms with Crippen LogP contribution in [0.25, 0.3) is 10.8 Å². The third-order valence-corrected chi connectivity index (χ3v) is 8.72. The summed E-state index contributed by atoms with van der Waals surface area (Å²) in [6.45, 7) is 3.51. The molecule has 0 aliphatic carbocycles. The summed E-state index contributed by atoms with van der Waals surface area (Å²) in [6, 6.07) is 19.4. The van der Waals surface area contributed by atoms with Crippen LogP contribution in [0.2, 0.25) is 0 Å².